The van der Waals surface area contributed by atoms with Crippen LogP contribution in [0.2, 0.25) is 0 Å². The number of hydrogen-bond donors (Lipinski definition) is 0. The van der Waals surface area contributed by atoms with E-state index < -0.39 is 0 Å². The first-order valence-corrected chi connectivity index (χ1v) is 7.07. The fourth-order valence-corrected chi connectivity index (χ4v) is 1.56. The average Bonchev–Trinajstić information content (AvgIpc) is 2.57. The Bertz CT molecular complexity index is 564. The van der Waals surface area contributed by atoms with Gasteiger partial charge in [-0.1, -0.05) is 0 Å². The van der Waals surface area contributed by atoms with Gasteiger partial charge in [0.05, 0.1) is 37.1 Å². The Hall–Kier alpha value is -2.76. The highest BCUT2D eigenvalue weighted by Crippen LogP contribution is 2.13. The molecule has 0 aliphatic heterocycles. The number of ether oxygens (including phenoxy) is 2. The van der Waals surface area contributed by atoms with Crippen molar-refractivity contribution in [3.05, 3.63) is 48.2 Å². The first kappa shape index (κ1) is 15.6. The van der Waals surface area contributed by atoms with Crippen LogP contribution in [0, 0.1) is 0 Å². The summed E-state index contributed by atoms with van der Waals surface area (Å²) in [7, 11) is 0. The van der Waals surface area contributed by atoms with Gasteiger partial charge in [0.25, 0.3) is 0 Å². The van der Waals surface area contributed by atoms with Gasteiger partial charge in [0.1, 0.15) is 11.4 Å². The SMILES string of the molecule is CCOC=Cc1ccc(-c2ccc(C=COCC)nn2)nn1. The molecule has 0 saturated carbocycles. The zero-order chi connectivity index (χ0) is 15.6. The highest BCUT2D eigenvalue weighted by molar-refractivity contribution is 5.56. The van der Waals surface area contributed by atoms with Crippen molar-refractivity contribution in [3.8, 4) is 11.4 Å². The van der Waals surface area contributed by atoms with Crippen molar-refractivity contribution in [2.45, 2.75) is 13.8 Å². The molecule has 0 bridgehead atoms. The lowest BCUT2D eigenvalue weighted by Gasteiger charge is -2.00. The van der Waals surface area contributed by atoms with Crippen LogP contribution in [0.15, 0.2) is 36.8 Å². The molecule has 0 N–H and O–H groups in total. The minimum absolute atomic E-state index is 0.627. The van der Waals surface area contributed by atoms with E-state index in [0.29, 0.717) is 24.6 Å². The lowest BCUT2D eigenvalue weighted by Crippen LogP contribution is -1.95. The summed E-state index contributed by atoms with van der Waals surface area (Å²) in [5.74, 6) is 0. The van der Waals surface area contributed by atoms with Gasteiger partial charge in [0.15, 0.2) is 0 Å². The summed E-state index contributed by atoms with van der Waals surface area (Å²) >= 11 is 0. The van der Waals surface area contributed by atoms with Crippen LogP contribution >= 0.6 is 0 Å². The zero-order valence-corrected chi connectivity index (χ0v) is 12.6. The molecule has 6 heteroatoms. The molecule has 0 amide bonds. The summed E-state index contributed by atoms with van der Waals surface area (Å²) in [5, 5.41) is 16.4. The fraction of sp³-hybridized carbons (Fsp3) is 0.250. The van der Waals surface area contributed by atoms with Gasteiger partial charge >= 0.3 is 0 Å². The van der Waals surface area contributed by atoms with Gasteiger partial charge in [-0.3, -0.25) is 0 Å². The molecule has 2 aromatic rings. The number of aromatic nitrogens is 4. The monoisotopic (exact) mass is 298 g/mol. The molecule has 0 aliphatic carbocycles. The van der Waals surface area contributed by atoms with Crippen LogP contribution in [-0.2, 0) is 9.47 Å². The van der Waals surface area contributed by atoms with E-state index in [-0.39, 0.29) is 0 Å². The number of hydrogen-bond acceptors (Lipinski definition) is 6. The third-order valence-corrected chi connectivity index (χ3v) is 2.64. The summed E-state index contributed by atoms with van der Waals surface area (Å²) < 4.78 is 10.2. The summed E-state index contributed by atoms with van der Waals surface area (Å²) in [6.07, 6.45) is 6.72. The van der Waals surface area contributed by atoms with E-state index in [1.54, 1.807) is 24.7 Å². The van der Waals surface area contributed by atoms with Crippen molar-refractivity contribution < 1.29 is 9.47 Å². The van der Waals surface area contributed by atoms with Crippen LogP contribution < -0.4 is 0 Å². The van der Waals surface area contributed by atoms with Crippen LogP contribution in [0.25, 0.3) is 23.5 Å². The molecule has 2 aromatic heterocycles. The molecule has 22 heavy (non-hydrogen) atoms. The van der Waals surface area contributed by atoms with Crippen molar-refractivity contribution in [1.29, 1.82) is 0 Å². The number of rotatable bonds is 7. The molecule has 114 valence electrons. The van der Waals surface area contributed by atoms with Gasteiger partial charge in [-0.15, -0.1) is 10.2 Å². The first-order valence-electron chi connectivity index (χ1n) is 7.07. The van der Waals surface area contributed by atoms with E-state index in [2.05, 4.69) is 20.4 Å². The molecule has 2 heterocycles. The Morgan fingerprint density at radius 1 is 0.727 bits per heavy atom. The summed E-state index contributed by atoms with van der Waals surface area (Å²) in [5.41, 5.74) is 2.78. The molecule has 2 rings (SSSR count). The molecule has 0 saturated heterocycles. The second kappa shape index (κ2) is 8.51. The maximum atomic E-state index is 5.12. The van der Waals surface area contributed by atoms with E-state index in [9.17, 15) is 0 Å². The minimum Gasteiger partial charge on any atom is -0.501 e. The van der Waals surface area contributed by atoms with Crippen molar-refractivity contribution >= 4 is 12.2 Å². The Morgan fingerprint density at radius 2 is 1.18 bits per heavy atom. The van der Waals surface area contributed by atoms with Crippen LogP contribution in [-0.4, -0.2) is 33.6 Å². The fourth-order valence-electron chi connectivity index (χ4n) is 1.56. The minimum atomic E-state index is 0.627. The third-order valence-electron chi connectivity index (χ3n) is 2.64. The Labute approximate surface area is 129 Å². The van der Waals surface area contributed by atoms with Gasteiger partial charge in [-0.2, -0.15) is 10.2 Å². The smallest absolute Gasteiger partial charge is 0.113 e. The molecule has 0 atom stereocenters. The Kier molecular flexibility index (Phi) is 6.04. The second-order valence-corrected chi connectivity index (χ2v) is 4.20. The first-order chi connectivity index (χ1) is 10.8. The van der Waals surface area contributed by atoms with Gasteiger partial charge in [-0.25, -0.2) is 0 Å². The van der Waals surface area contributed by atoms with Gasteiger partial charge in [-0.05, 0) is 38.1 Å². The maximum Gasteiger partial charge on any atom is 0.113 e. The summed E-state index contributed by atoms with van der Waals surface area (Å²) in [6.45, 7) is 5.10. The van der Waals surface area contributed by atoms with Crippen molar-refractivity contribution in [2.24, 2.45) is 0 Å². The van der Waals surface area contributed by atoms with Crippen LogP contribution in [0.5, 0.6) is 0 Å². The lowest BCUT2D eigenvalue weighted by molar-refractivity contribution is 0.272. The molecule has 0 spiro atoms. The van der Waals surface area contributed by atoms with Gasteiger partial charge < -0.3 is 9.47 Å². The van der Waals surface area contributed by atoms with Crippen LogP contribution in [0.3, 0.4) is 0 Å². The zero-order valence-electron chi connectivity index (χ0n) is 12.6. The summed E-state index contributed by atoms with van der Waals surface area (Å²) in [6, 6.07) is 7.39. The predicted octanol–water partition coefficient (Wildman–Crippen LogP) is 2.95. The van der Waals surface area contributed by atoms with E-state index in [4.69, 9.17) is 9.47 Å². The van der Waals surface area contributed by atoms with Crippen LogP contribution in [0.1, 0.15) is 25.2 Å². The van der Waals surface area contributed by atoms with E-state index in [0.717, 1.165) is 11.4 Å². The van der Waals surface area contributed by atoms with Crippen molar-refractivity contribution in [3.63, 3.8) is 0 Å². The molecule has 0 fully saturated rings. The predicted molar refractivity (Wildman–Crippen MR) is 84.4 cm³/mol. The van der Waals surface area contributed by atoms with E-state index in [1.807, 2.05) is 38.1 Å². The molecule has 0 aromatic carbocycles. The van der Waals surface area contributed by atoms with Gasteiger partial charge in [0.2, 0.25) is 0 Å². The normalized spacial score (nSPS) is 11.2. The van der Waals surface area contributed by atoms with E-state index in [1.165, 1.54) is 0 Å². The lowest BCUT2D eigenvalue weighted by atomic mass is 10.2. The Morgan fingerprint density at radius 3 is 1.50 bits per heavy atom. The highest BCUT2D eigenvalue weighted by atomic mass is 16.5. The Balaban J connectivity index is 2.05. The standard InChI is InChI=1S/C16H18N4O2/c1-3-21-11-9-13-5-7-15(19-17-13)16-8-6-14(18-20-16)10-12-22-4-2/h5-12H,3-4H2,1-2H3. The molecule has 0 unspecified atom stereocenters. The molecule has 6 nitrogen and oxygen atoms in total. The van der Waals surface area contributed by atoms with Crippen LogP contribution in [0.4, 0.5) is 0 Å². The van der Waals surface area contributed by atoms with Gasteiger partial charge in [0, 0.05) is 12.2 Å². The molecular weight excluding hydrogens is 280 g/mol. The average molecular weight is 298 g/mol. The molecule has 0 aliphatic rings. The third kappa shape index (κ3) is 4.66. The molecule has 0 radical (unpaired) electrons. The number of nitrogens with zero attached hydrogens (tertiary/aromatic N) is 4. The maximum absolute atomic E-state index is 5.12. The highest BCUT2D eigenvalue weighted by Gasteiger charge is 2.02. The topological polar surface area (TPSA) is 70.0 Å². The van der Waals surface area contributed by atoms with Crippen molar-refractivity contribution in [2.75, 3.05) is 13.2 Å². The largest absolute Gasteiger partial charge is 0.501 e. The van der Waals surface area contributed by atoms with Crippen molar-refractivity contribution in [1.82, 2.24) is 20.4 Å². The quantitative estimate of drug-likeness (QED) is 0.732. The molecular formula is C16H18N4O2. The van der Waals surface area contributed by atoms with E-state index >= 15 is 0 Å². The summed E-state index contributed by atoms with van der Waals surface area (Å²) in [4.78, 5) is 0. The second-order valence-electron chi connectivity index (χ2n) is 4.20.